The van der Waals surface area contributed by atoms with E-state index in [0.717, 1.165) is 0 Å². The van der Waals surface area contributed by atoms with Crippen LogP contribution in [0.3, 0.4) is 0 Å². The molecule has 0 saturated carbocycles. The highest BCUT2D eigenvalue weighted by Crippen LogP contribution is 2.14. The normalized spacial score (nSPS) is 9.41. The van der Waals surface area contributed by atoms with Gasteiger partial charge in [0, 0.05) is 24.6 Å². The second-order valence-corrected chi connectivity index (χ2v) is 5.58. The van der Waals surface area contributed by atoms with Gasteiger partial charge in [0.05, 0.1) is 12.3 Å². The predicted molar refractivity (Wildman–Crippen MR) is 84.1 cm³/mol. The number of carbonyl (C=O) groups is 3. The van der Waals surface area contributed by atoms with E-state index in [1.807, 2.05) is 0 Å². The van der Waals surface area contributed by atoms with Gasteiger partial charge >= 0.3 is 0 Å². The number of hydrogen-bond donors (Lipinski definition) is 3. The van der Waals surface area contributed by atoms with Gasteiger partial charge in [-0.25, -0.2) is 9.97 Å². The van der Waals surface area contributed by atoms with Crippen LogP contribution in [-0.2, 0) is 16.2 Å². The molecular formula is C12H14N4O4S2. The van der Waals surface area contributed by atoms with Crippen LogP contribution in [0.5, 0.6) is 0 Å². The highest BCUT2D eigenvalue weighted by atomic mass is 32.1. The molecule has 0 saturated heterocycles. The van der Waals surface area contributed by atoms with Crippen molar-refractivity contribution in [2.45, 2.75) is 20.5 Å². The van der Waals surface area contributed by atoms with Crippen molar-refractivity contribution in [2.75, 3.05) is 10.6 Å². The average molecular weight is 342 g/mol. The first-order valence-electron chi connectivity index (χ1n) is 5.95. The van der Waals surface area contributed by atoms with Crippen molar-refractivity contribution in [2.24, 2.45) is 0 Å². The minimum absolute atomic E-state index is 0.0872. The number of thiazole rings is 2. The van der Waals surface area contributed by atoms with E-state index in [1.54, 1.807) is 10.8 Å². The van der Waals surface area contributed by atoms with E-state index in [2.05, 4.69) is 20.6 Å². The molecule has 0 atom stereocenters. The molecule has 0 fully saturated rings. The number of aliphatic hydroxyl groups excluding tert-OH is 1. The number of aromatic nitrogens is 2. The van der Waals surface area contributed by atoms with Crippen molar-refractivity contribution in [3.63, 3.8) is 0 Å². The van der Waals surface area contributed by atoms with Crippen LogP contribution < -0.4 is 10.6 Å². The Morgan fingerprint density at radius 1 is 1.14 bits per heavy atom. The molecule has 22 heavy (non-hydrogen) atoms. The smallest absolute Gasteiger partial charge is 0.223 e. The lowest BCUT2D eigenvalue weighted by Gasteiger charge is -1.92. The van der Waals surface area contributed by atoms with Gasteiger partial charge in [-0.3, -0.25) is 14.4 Å². The summed E-state index contributed by atoms with van der Waals surface area (Å²) in [6.07, 6.45) is 0.641. The van der Waals surface area contributed by atoms with E-state index < -0.39 is 0 Å². The van der Waals surface area contributed by atoms with E-state index in [4.69, 9.17) is 5.11 Å². The second-order valence-electron chi connectivity index (χ2n) is 3.86. The maximum atomic E-state index is 10.5. The lowest BCUT2D eigenvalue weighted by atomic mass is 10.5. The quantitative estimate of drug-likeness (QED) is 0.724. The summed E-state index contributed by atoms with van der Waals surface area (Å²) in [7, 11) is 0. The van der Waals surface area contributed by atoms with Crippen LogP contribution in [0.25, 0.3) is 0 Å². The van der Waals surface area contributed by atoms with Crippen LogP contribution in [0.1, 0.15) is 30.0 Å². The fourth-order valence-corrected chi connectivity index (χ4v) is 2.58. The number of amides is 2. The molecule has 0 bridgehead atoms. The fraction of sp³-hybridized carbons (Fsp3) is 0.250. The molecule has 0 radical (unpaired) electrons. The van der Waals surface area contributed by atoms with Crippen molar-refractivity contribution in [1.82, 2.24) is 9.97 Å². The Labute approximate surface area is 134 Å². The standard InChI is InChI=1S/C6H8N2O2S.C6H6N2O2S/c2*1-4(10)7-6-8-5(2-9)3-11-6/h3,9H,2H2,1H3,(H,7,8,10);2-3H,1H3,(H,7,8,10). The number of hydrogen-bond acceptors (Lipinski definition) is 8. The summed E-state index contributed by atoms with van der Waals surface area (Å²) in [6.45, 7) is 2.72. The molecule has 0 aliphatic rings. The maximum Gasteiger partial charge on any atom is 0.223 e. The lowest BCUT2D eigenvalue weighted by molar-refractivity contribution is -0.115. The molecule has 0 unspecified atom stereocenters. The fourth-order valence-electron chi connectivity index (χ4n) is 1.14. The van der Waals surface area contributed by atoms with Gasteiger partial charge in [0.15, 0.2) is 16.5 Å². The maximum absolute atomic E-state index is 10.5. The number of aliphatic hydroxyl groups is 1. The molecule has 2 heterocycles. The zero-order valence-electron chi connectivity index (χ0n) is 11.8. The van der Waals surface area contributed by atoms with Gasteiger partial charge in [0.25, 0.3) is 0 Å². The van der Waals surface area contributed by atoms with Gasteiger partial charge in [-0.1, -0.05) is 0 Å². The van der Waals surface area contributed by atoms with Crippen molar-refractivity contribution in [3.8, 4) is 0 Å². The predicted octanol–water partition coefficient (Wildman–Crippen LogP) is 1.51. The lowest BCUT2D eigenvalue weighted by Crippen LogP contribution is -2.05. The van der Waals surface area contributed by atoms with Crippen LogP contribution >= 0.6 is 22.7 Å². The summed E-state index contributed by atoms with van der Waals surface area (Å²) in [5.74, 6) is -0.333. The number of aldehydes is 1. The average Bonchev–Trinajstić information content (AvgIpc) is 3.07. The third kappa shape index (κ3) is 6.52. The van der Waals surface area contributed by atoms with Gasteiger partial charge in [0.2, 0.25) is 11.8 Å². The number of carbonyl (C=O) groups excluding carboxylic acids is 3. The Hall–Kier alpha value is -2.17. The molecule has 0 aromatic carbocycles. The Balaban J connectivity index is 0.000000220. The first kappa shape index (κ1) is 17.9. The summed E-state index contributed by atoms with van der Waals surface area (Å²) in [5, 5.41) is 17.9. The van der Waals surface area contributed by atoms with Gasteiger partial charge < -0.3 is 15.7 Å². The highest BCUT2D eigenvalue weighted by Gasteiger charge is 2.01. The minimum Gasteiger partial charge on any atom is -0.390 e. The molecule has 2 rings (SSSR count). The highest BCUT2D eigenvalue weighted by molar-refractivity contribution is 7.14. The van der Waals surface area contributed by atoms with Gasteiger partial charge in [-0.2, -0.15) is 0 Å². The molecular weight excluding hydrogens is 328 g/mol. The third-order valence-electron chi connectivity index (χ3n) is 1.92. The van der Waals surface area contributed by atoms with Crippen LogP contribution in [-0.4, -0.2) is 33.2 Å². The molecule has 0 aliphatic heterocycles. The summed E-state index contributed by atoms with van der Waals surface area (Å²) in [5.41, 5.74) is 0.928. The van der Waals surface area contributed by atoms with E-state index in [0.29, 0.717) is 27.9 Å². The molecule has 2 amide bonds. The largest absolute Gasteiger partial charge is 0.390 e. The van der Waals surface area contributed by atoms with E-state index in [9.17, 15) is 14.4 Å². The van der Waals surface area contributed by atoms with Crippen LogP contribution in [0, 0.1) is 0 Å². The first-order valence-corrected chi connectivity index (χ1v) is 7.71. The van der Waals surface area contributed by atoms with Crippen LogP contribution in [0.15, 0.2) is 10.8 Å². The Morgan fingerprint density at radius 3 is 2.09 bits per heavy atom. The SMILES string of the molecule is CC(=O)Nc1nc(C=O)cs1.CC(=O)Nc1nc(CO)cs1. The van der Waals surface area contributed by atoms with E-state index in [1.165, 1.54) is 36.5 Å². The Kier molecular flexibility index (Phi) is 7.29. The van der Waals surface area contributed by atoms with Gasteiger partial charge in [-0.15, -0.1) is 22.7 Å². The Morgan fingerprint density at radius 2 is 1.68 bits per heavy atom. The number of rotatable bonds is 4. The summed E-state index contributed by atoms with van der Waals surface area (Å²) >= 11 is 2.53. The zero-order valence-corrected chi connectivity index (χ0v) is 13.5. The van der Waals surface area contributed by atoms with Gasteiger partial charge in [-0.05, 0) is 0 Å². The van der Waals surface area contributed by atoms with Crippen molar-refractivity contribution >= 4 is 51.0 Å². The van der Waals surface area contributed by atoms with E-state index in [-0.39, 0.29) is 18.4 Å². The number of anilines is 2. The monoisotopic (exact) mass is 342 g/mol. The minimum atomic E-state index is -0.184. The van der Waals surface area contributed by atoms with Crippen molar-refractivity contribution in [1.29, 1.82) is 0 Å². The zero-order chi connectivity index (χ0) is 16.5. The molecule has 10 heteroatoms. The molecule has 8 nitrogen and oxygen atoms in total. The van der Waals surface area contributed by atoms with Crippen molar-refractivity contribution < 1.29 is 19.5 Å². The summed E-state index contributed by atoms with van der Waals surface area (Å²) in [4.78, 5) is 38.8. The summed E-state index contributed by atoms with van der Waals surface area (Å²) < 4.78 is 0. The van der Waals surface area contributed by atoms with Crippen LogP contribution in [0.4, 0.5) is 10.3 Å². The topological polar surface area (TPSA) is 121 Å². The van der Waals surface area contributed by atoms with Crippen LogP contribution in [0.2, 0.25) is 0 Å². The van der Waals surface area contributed by atoms with E-state index >= 15 is 0 Å². The second kappa shape index (κ2) is 8.97. The number of nitrogens with one attached hydrogen (secondary N) is 2. The first-order chi connectivity index (χ1) is 10.4. The molecule has 2 aromatic heterocycles. The molecule has 2 aromatic rings. The number of nitrogens with zero attached hydrogens (tertiary/aromatic N) is 2. The van der Waals surface area contributed by atoms with Crippen molar-refractivity contribution in [3.05, 3.63) is 22.1 Å². The summed E-state index contributed by atoms with van der Waals surface area (Å²) in [6, 6.07) is 0. The third-order valence-corrected chi connectivity index (χ3v) is 3.50. The Bertz CT molecular complexity index is 653. The molecule has 0 spiro atoms. The van der Waals surface area contributed by atoms with Gasteiger partial charge in [0.1, 0.15) is 5.69 Å². The molecule has 3 N–H and O–H groups in total. The molecule has 0 aliphatic carbocycles. The molecule has 118 valence electrons.